The normalized spacial score (nSPS) is 10.9. The molecule has 0 aliphatic carbocycles. The van der Waals surface area contributed by atoms with Crippen molar-refractivity contribution in [3.63, 3.8) is 0 Å². The number of amides is 1. The minimum absolute atomic E-state index is 0.0468. The van der Waals surface area contributed by atoms with Crippen molar-refractivity contribution in [3.8, 4) is 28.8 Å². The van der Waals surface area contributed by atoms with Crippen molar-refractivity contribution >= 4 is 17.8 Å². The Morgan fingerprint density at radius 1 is 1.23 bits per heavy atom. The average molecular weight is 470 g/mol. The van der Waals surface area contributed by atoms with Gasteiger partial charge in [-0.15, -0.1) is 10.2 Å². The molecular formula is C23H18N8O4. The predicted molar refractivity (Wildman–Crippen MR) is 124 cm³/mol. The van der Waals surface area contributed by atoms with Gasteiger partial charge in [0, 0.05) is 22.8 Å². The maximum atomic E-state index is 12.2. The zero-order valence-corrected chi connectivity index (χ0v) is 18.7. The number of aromatic nitrogens is 4. The first-order valence-electron chi connectivity index (χ1n) is 10.3. The highest BCUT2D eigenvalue weighted by Crippen LogP contribution is 2.31. The van der Waals surface area contributed by atoms with Crippen LogP contribution < -0.4 is 5.43 Å². The molecule has 0 bridgehead atoms. The SMILES string of the molecule is Cc1cc([N+](=O)[O-])c(C)cc1-c1ccc(/C=N/NC(=O)Cn2nnc(-c3ccccc3C#N)n2)o1. The molecule has 174 valence electrons. The highest BCUT2D eigenvalue weighted by molar-refractivity contribution is 5.81. The predicted octanol–water partition coefficient (Wildman–Crippen LogP) is 3.15. The number of nitrogens with zero attached hydrogens (tertiary/aromatic N) is 7. The lowest BCUT2D eigenvalue weighted by Crippen LogP contribution is -2.24. The van der Waals surface area contributed by atoms with Crippen LogP contribution in [0.15, 0.2) is 58.0 Å². The van der Waals surface area contributed by atoms with E-state index < -0.39 is 10.8 Å². The highest BCUT2D eigenvalue weighted by Gasteiger charge is 2.16. The van der Waals surface area contributed by atoms with E-state index in [9.17, 15) is 20.2 Å². The number of benzene rings is 2. The van der Waals surface area contributed by atoms with E-state index in [1.54, 1.807) is 56.3 Å². The minimum atomic E-state index is -0.493. The van der Waals surface area contributed by atoms with Crippen LogP contribution in [0.25, 0.3) is 22.7 Å². The van der Waals surface area contributed by atoms with Gasteiger partial charge in [0.05, 0.1) is 22.8 Å². The van der Waals surface area contributed by atoms with Crippen molar-refractivity contribution < 1.29 is 14.1 Å². The van der Waals surface area contributed by atoms with Crippen LogP contribution in [0.2, 0.25) is 0 Å². The zero-order valence-electron chi connectivity index (χ0n) is 18.7. The smallest absolute Gasteiger partial charge is 0.272 e. The third kappa shape index (κ3) is 5.09. The maximum Gasteiger partial charge on any atom is 0.272 e. The van der Waals surface area contributed by atoms with Crippen molar-refractivity contribution in [2.24, 2.45) is 5.10 Å². The molecule has 2 aromatic heterocycles. The van der Waals surface area contributed by atoms with Gasteiger partial charge < -0.3 is 4.42 Å². The molecule has 35 heavy (non-hydrogen) atoms. The number of furan rings is 1. The summed E-state index contributed by atoms with van der Waals surface area (Å²) in [5.74, 6) is 0.640. The average Bonchev–Trinajstić information content (AvgIpc) is 3.50. The van der Waals surface area contributed by atoms with Crippen molar-refractivity contribution in [3.05, 3.63) is 81.1 Å². The molecule has 0 saturated heterocycles. The van der Waals surface area contributed by atoms with E-state index in [0.717, 1.165) is 10.4 Å². The number of aryl methyl sites for hydroxylation is 2. The lowest BCUT2D eigenvalue weighted by atomic mass is 10.0. The molecule has 12 heteroatoms. The molecule has 0 aliphatic heterocycles. The molecule has 4 aromatic rings. The summed E-state index contributed by atoms with van der Waals surface area (Å²) in [4.78, 5) is 24.0. The Balaban J connectivity index is 1.38. The van der Waals surface area contributed by atoms with Crippen LogP contribution in [0.3, 0.4) is 0 Å². The fourth-order valence-electron chi connectivity index (χ4n) is 3.36. The third-order valence-corrected chi connectivity index (χ3v) is 5.04. The number of hydrazone groups is 1. The summed E-state index contributed by atoms with van der Waals surface area (Å²) >= 11 is 0. The first kappa shape index (κ1) is 23.0. The Hall–Kier alpha value is -5.18. The van der Waals surface area contributed by atoms with Crippen molar-refractivity contribution in [1.82, 2.24) is 25.6 Å². The van der Waals surface area contributed by atoms with Crippen molar-refractivity contribution in [2.45, 2.75) is 20.4 Å². The van der Waals surface area contributed by atoms with Gasteiger partial charge in [0.2, 0.25) is 5.82 Å². The topological polar surface area (TPSA) is 165 Å². The van der Waals surface area contributed by atoms with Crippen molar-refractivity contribution in [2.75, 3.05) is 0 Å². The first-order valence-corrected chi connectivity index (χ1v) is 10.3. The quantitative estimate of drug-likeness (QED) is 0.244. The van der Waals surface area contributed by atoms with Gasteiger partial charge in [-0.3, -0.25) is 14.9 Å². The van der Waals surface area contributed by atoms with Gasteiger partial charge >= 0.3 is 0 Å². The number of rotatable bonds is 7. The van der Waals surface area contributed by atoms with Crippen molar-refractivity contribution in [1.29, 1.82) is 5.26 Å². The minimum Gasteiger partial charge on any atom is -0.455 e. The monoisotopic (exact) mass is 470 g/mol. The molecule has 0 unspecified atom stereocenters. The molecule has 0 radical (unpaired) electrons. The molecule has 1 amide bonds. The number of carbonyl (C=O) groups is 1. The molecular weight excluding hydrogens is 452 g/mol. The van der Waals surface area contributed by atoms with E-state index in [0.29, 0.717) is 33.8 Å². The summed E-state index contributed by atoms with van der Waals surface area (Å²) < 4.78 is 5.74. The molecule has 12 nitrogen and oxygen atoms in total. The second-order valence-electron chi connectivity index (χ2n) is 7.51. The van der Waals surface area contributed by atoms with Gasteiger partial charge in [0.15, 0.2) is 0 Å². The molecule has 2 aromatic carbocycles. The Labute approximate surface area is 198 Å². The van der Waals surface area contributed by atoms with E-state index in [1.807, 2.05) is 0 Å². The van der Waals surface area contributed by atoms with E-state index in [-0.39, 0.29) is 18.1 Å². The van der Waals surface area contributed by atoms with E-state index >= 15 is 0 Å². The number of nitro benzene ring substituents is 1. The van der Waals surface area contributed by atoms with Crippen LogP contribution in [0, 0.1) is 35.3 Å². The van der Waals surface area contributed by atoms with Gasteiger partial charge in [0.25, 0.3) is 11.6 Å². The number of hydrogen-bond donors (Lipinski definition) is 1. The summed E-state index contributed by atoms with van der Waals surface area (Å²) in [5.41, 5.74) is 5.27. The molecule has 2 heterocycles. The molecule has 0 fully saturated rings. The molecule has 0 spiro atoms. The lowest BCUT2D eigenvalue weighted by Gasteiger charge is -2.05. The Kier molecular flexibility index (Phi) is 6.41. The van der Waals surface area contributed by atoms with Crippen LogP contribution in [0.1, 0.15) is 22.5 Å². The molecule has 4 rings (SSSR count). The largest absolute Gasteiger partial charge is 0.455 e. The molecule has 0 aliphatic rings. The second kappa shape index (κ2) is 9.75. The second-order valence-corrected chi connectivity index (χ2v) is 7.51. The maximum absolute atomic E-state index is 12.2. The standard InChI is InChI=1S/C23H18N8O4/c1-14-10-20(31(33)34)15(2)9-19(14)21-8-7-17(35-21)12-25-26-22(32)13-30-28-23(27-29-30)18-6-4-3-5-16(18)11-24/h3-10,12H,13H2,1-2H3,(H,26,32)/b25-12+. The number of nitrogens with one attached hydrogen (secondary N) is 1. The highest BCUT2D eigenvalue weighted by atomic mass is 16.6. The van der Waals surface area contributed by atoms with Crippen LogP contribution in [-0.2, 0) is 11.3 Å². The summed E-state index contributed by atoms with van der Waals surface area (Å²) in [5, 5.41) is 36.1. The van der Waals surface area contributed by atoms with Gasteiger partial charge in [0.1, 0.15) is 18.1 Å². The lowest BCUT2D eigenvalue weighted by molar-refractivity contribution is -0.385. The summed E-state index contributed by atoms with van der Waals surface area (Å²) in [6.07, 6.45) is 1.33. The number of hydrogen-bond acceptors (Lipinski definition) is 9. The first-order chi connectivity index (χ1) is 16.9. The summed E-state index contributed by atoms with van der Waals surface area (Å²) in [7, 11) is 0. The van der Waals surface area contributed by atoms with E-state index in [4.69, 9.17) is 4.42 Å². The molecule has 0 saturated carbocycles. The van der Waals surface area contributed by atoms with Gasteiger partial charge in [-0.05, 0) is 55.0 Å². The number of nitro groups is 1. The van der Waals surface area contributed by atoms with Gasteiger partial charge in [-0.2, -0.15) is 15.2 Å². The van der Waals surface area contributed by atoms with Gasteiger partial charge in [-0.1, -0.05) is 12.1 Å². The Morgan fingerprint density at radius 3 is 2.80 bits per heavy atom. The van der Waals surface area contributed by atoms with Crippen LogP contribution >= 0.6 is 0 Å². The van der Waals surface area contributed by atoms with E-state index in [1.165, 1.54) is 12.3 Å². The van der Waals surface area contributed by atoms with Gasteiger partial charge in [-0.25, -0.2) is 5.43 Å². The third-order valence-electron chi connectivity index (χ3n) is 5.04. The van der Waals surface area contributed by atoms with Crippen LogP contribution in [0.4, 0.5) is 5.69 Å². The Bertz CT molecular complexity index is 1500. The molecule has 0 atom stereocenters. The number of nitriles is 1. The summed E-state index contributed by atoms with van der Waals surface area (Å²) in [6, 6.07) is 15.5. The van der Waals surface area contributed by atoms with E-state index in [2.05, 4.69) is 32.0 Å². The fraction of sp³-hybridized carbons (Fsp3) is 0.130. The fourth-order valence-corrected chi connectivity index (χ4v) is 3.36. The summed E-state index contributed by atoms with van der Waals surface area (Å²) in [6.45, 7) is 3.20. The number of tetrazole rings is 1. The molecule has 1 N–H and O–H groups in total. The van der Waals surface area contributed by atoms with Crippen LogP contribution in [0.5, 0.6) is 0 Å². The van der Waals surface area contributed by atoms with Crippen LogP contribution in [-0.4, -0.2) is 37.3 Å². The Morgan fingerprint density at radius 2 is 2.03 bits per heavy atom. The number of carbonyl (C=O) groups excluding carboxylic acids is 1. The zero-order chi connectivity index (χ0) is 24.9.